The molecule has 0 aliphatic rings. The van der Waals surface area contributed by atoms with Gasteiger partial charge in [-0.15, -0.1) is 0 Å². The zero-order chi connectivity index (χ0) is 23.4. The Labute approximate surface area is 185 Å². The number of rotatable bonds is 7. The molecule has 0 aliphatic carbocycles. The fourth-order valence-corrected chi connectivity index (χ4v) is 2.77. The Morgan fingerprint density at radius 2 is 1.79 bits per heavy atom. The predicted octanol–water partition coefficient (Wildman–Crippen LogP) is 3.62. The lowest BCUT2D eigenvalue weighted by Gasteiger charge is -2.15. The average molecular weight is 457 g/mol. The van der Waals surface area contributed by atoms with Crippen LogP contribution in [0.25, 0.3) is 23.1 Å². The van der Waals surface area contributed by atoms with Gasteiger partial charge in [-0.1, -0.05) is 35.5 Å². The van der Waals surface area contributed by atoms with Crippen molar-refractivity contribution >= 4 is 5.95 Å². The molecule has 1 aromatic carbocycles. The lowest BCUT2D eigenvalue weighted by atomic mass is 10.1. The van der Waals surface area contributed by atoms with E-state index in [1.165, 1.54) is 12.3 Å². The largest absolute Gasteiger partial charge is 0.414 e. The molecule has 4 aromatic rings. The number of pyridine rings is 1. The Kier molecular flexibility index (Phi) is 6.27. The number of hydrogen-bond donors (Lipinski definition) is 1. The highest BCUT2D eigenvalue weighted by atomic mass is 19.4. The molecular formula is C21H18F3N7O2. The Morgan fingerprint density at radius 3 is 2.48 bits per heavy atom. The summed E-state index contributed by atoms with van der Waals surface area (Å²) in [7, 11) is 0. The third-order valence-corrected chi connectivity index (χ3v) is 4.54. The van der Waals surface area contributed by atoms with Gasteiger partial charge in [0.2, 0.25) is 17.6 Å². The summed E-state index contributed by atoms with van der Waals surface area (Å²) in [5, 5.41) is 3.89. The maximum atomic E-state index is 12.5. The second kappa shape index (κ2) is 9.28. The number of alkyl halides is 3. The standard InChI is InChI=1S/C21H18F3N7O2/c1-12(21(22,23)24)32-11-15-8-7-14(10-26-15)19-29-18(31-33-19)17-27-16(28-20(25)30-17)9-13-5-3-2-4-6-13/h2-8,10,12H,9,11H2,1H3,(H2,25,27,28,30). The maximum absolute atomic E-state index is 12.5. The van der Waals surface area contributed by atoms with Crippen LogP contribution in [-0.2, 0) is 17.8 Å². The van der Waals surface area contributed by atoms with Gasteiger partial charge in [0.05, 0.1) is 17.9 Å². The maximum Gasteiger partial charge on any atom is 0.414 e. The summed E-state index contributed by atoms with van der Waals surface area (Å²) < 4.78 is 47.7. The number of hydrogen-bond acceptors (Lipinski definition) is 9. The Balaban J connectivity index is 1.48. The highest BCUT2D eigenvalue weighted by Gasteiger charge is 2.36. The van der Waals surface area contributed by atoms with Crippen molar-refractivity contribution in [2.24, 2.45) is 0 Å². The first-order valence-electron chi connectivity index (χ1n) is 9.80. The predicted molar refractivity (Wildman–Crippen MR) is 110 cm³/mol. The third kappa shape index (κ3) is 5.66. The van der Waals surface area contributed by atoms with Gasteiger partial charge < -0.3 is 15.0 Å². The van der Waals surface area contributed by atoms with Crippen molar-refractivity contribution in [1.29, 1.82) is 0 Å². The summed E-state index contributed by atoms with van der Waals surface area (Å²) in [6.07, 6.45) is -4.47. The molecule has 3 heterocycles. The fourth-order valence-electron chi connectivity index (χ4n) is 2.77. The van der Waals surface area contributed by atoms with Crippen LogP contribution in [0.15, 0.2) is 53.2 Å². The molecule has 0 saturated heterocycles. The fraction of sp³-hybridized carbons (Fsp3) is 0.238. The lowest BCUT2D eigenvalue weighted by Crippen LogP contribution is -2.28. The quantitative estimate of drug-likeness (QED) is 0.443. The van der Waals surface area contributed by atoms with Crippen molar-refractivity contribution in [1.82, 2.24) is 30.1 Å². The van der Waals surface area contributed by atoms with Gasteiger partial charge in [-0.3, -0.25) is 4.98 Å². The molecule has 2 N–H and O–H groups in total. The van der Waals surface area contributed by atoms with Crippen molar-refractivity contribution in [3.8, 4) is 23.1 Å². The second-order valence-corrected chi connectivity index (χ2v) is 7.05. The molecular weight excluding hydrogens is 439 g/mol. The first-order valence-corrected chi connectivity index (χ1v) is 9.80. The number of anilines is 1. The van der Waals surface area contributed by atoms with Crippen LogP contribution in [0.2, 0.25) is 0 Å². The van der Waals surface area contributed by atoms with E-state index in [-0.39, 0.29) is 30.1 Å². The summed E-state index contributed by atoms with van der Waals surface area (Å²) in [4.78, 5) is 20.9. The second-order valence-electron chi connectivity index (χ2n) is 7.05. The van der Waals surface area contributed by atoms with E-state index in [0.29, 0.717) is 23.5 Å². The van der Waals surface area contributed by atoms with E-state index in [0.717, 1.165) is 12.5 Å². The van der Waals surface area contributed by atoms with Crippen LogP contribution in [-0.4, -0.2) is 42.4 Å². The SMILES string of the molecule is CC(OCc1ccc(-c2nc(-c3nc(N)nc(Cc4ccccc4)n3)no2)cn1)C(F)(F)F. The average Bonchev–Trinajstić information content (AvgIpc) is 3.28. The molecule has 0 saturated carbocycles. The number of aromatic nitrogens is 6. The molecule has 12 heteroatoms. The molecule has 0 spiro atoms. The number of benzene rings is 1. The molecule has 9 nitrogen and oxygen atoms in total. The van der Waals surface area contributed by atoms with E-state index in [1.807, 2.05) is 30.3 Å². The number of ether oxygens (including phenoxy) is 1. The molecule has 4 rings (SSSR count). The molecule has 0 bridgehead atoms. The van der Waals surface area contributed by atoms with Crippen LogP contribution in [0.5, 0.6) is 0 Å². The number of nitrogens with zero attached hydrogens (tertiary/aromatic N) is 6. The van der Waals surface area contributed by atoms with Crippen molar-refractivity contribution < 1.29 is 22.4 Å². The van der Waals surface area contributed by atoms with Gasteiger partial charge in [-0.05, 0) is 24.6 Å². The number of nitrogens with two attached hydrogens (primary N) is 1. The molecule has 1 atom stereocenters. The third-order valence-electron chi connectivity index (χ3n) is 4.54. The monoisotopic (exact) mass is 457 g/mol. The highest BCUT2D eigenvalue weighted by molar-refractivity contribution is 5.55. The molecule has 33 heavy (non-hydrogen) atoms. The van der Waals surface area contributed by atoms with Crippen LogP contribution in [0.3, 0.4) is 0 Å². The molecule has 3 aromatic heterocycles. The first kappa shape index (κ1) is 22.3. The minimum atomic E-state index is -4.43. The van der Waals surface area contributed by atoms with Gasteiger partial charge in [0.1, 0.15) is 5.82 Å². The molecule has 0 amide bonds. The highest BCUT2D eigenvalue weighted by Crippen LogP contribution is 2.24. The zero-order valence-electron chi connectivity index (χ0n) is 17.3. The van der Waals surface area contributed by atoms with E-state index in [1.54, 1.807) is 6.07 Å². The van der Waals surface area contributed by atoms with Crippen LogP contribution in [0.1, 0.15) is 24.0 Å². The van der Waals surface area contributed by atoms with Gasteiger partial charge in [0, 0.05) is 12.6 Å². The first-order chi connectivity index (χ1) is 15.8. The number of halogens is 3. The zero-order valence-corrected chi connectivity index (χ0v) is 17.3. The summed E-state index contributed by atoms with van der Waals surface area (Å²) in [6.45, 7) is 0.651. The lowest BCUT2D eigenvalue weighted by molar-refractivity contribution is -0.217. The van der Waals surface area contributed by atoms with Crippen LogP contribution in [0.4, 0.5) is 19.1 Å². The molecule has 1 unspecified atom stereocenters. The van der Waals surface area contributed by atoms with Crippen molar-refractivity contribution in [3.63, 3.8) is 0 Å². The number of nitrogen functional groups attached to an aromatic ring is 1. The van der Waals surface area contributed by atoms with Gasteiger partial charge in [-0.2, -0.15) is 28.1 Å². The Morgan fingerprint density at radius 1 is 1.00 bits per heavy atom. The Hall–Kier alpha value is -3.93. The van der Waals surface area contributed by atoms with Gasteiger partial charge >= 0.3 is 6.18 Å². The van der Waals surface area contributed by atoms with Gasteiger partial charge in [0.15, 0.2) is 6.10 Å². The normalized spacial score (nSPS) is 12.6. The molecule has 0 fully saturated rings. The van der Waals surface area contributed by atoms with E-state index in [2.05, 4.69) is 30.1 Å². The molecule has 170 valence electrons. The van der Waals surface area contributed by atoms with E-state index < -0.39 is 12.3 Å². The van der Waals surface area contributed by atoms with Crippen molar-refractivity contribution in [2.75, 3.05) is 5.73 Å². The summed E-state index contributed by atoms with van der Waals surface area (Å²) in [5.74, 6) is 0.880. The molecule has 0 radical (unpaired) electrons. The van der Waals surface area contributed by atoms with Crippen LogP contribution in [0, 0.1) is 0 Å². The van der Waals surface area contributed by atoms with Crippen molar-refractivity contribution in [2.45, 2.75) is 32.2 Å². The summed E-state index contributed by atoms with van der Waals surface area (Å²) in [6, 6.07) is 12.7. The van der Waals surface area contributed by atoms with Crippen LogP contribution < -0.4 is 5.73 Å². The summed E-state index contributed by atoms with van der Waals surface area (Å²) in [5.41, 5.74) is 7.61. The van der Waals surface area contributed by atoms with Crippen LogP contribution >= 0.6 is 0 Å². The topological polar surface area (TPSA) is 126 Å². The van der Waals surface area contributed by atoms with E-state index in [4.69, 9.17) is 15.0 Å². The van der Waals surface area contributed by atoms with Crippen molar-refractivity contribution in [3.05, 3.63) is 65.7 Å². The van der Waals surface area contributed by atoms with Gasteiger partial charge in [0.25, 0.3) is 5.89 Å². The van der Waals surface area contributed by atoms with E-state index in [9.17, 15) is 13.2 Å². The minimum absolute atomic E-state index is 0.0244. The van der Waals surface area contributed by atoms with Gasteiger partial charge in [-0.25, -0.2) is 4.98 Å². The minimum Gasteiger partial charge on any atom is -0.368 e. The molecule has 0 aliphatic heterocycles. The smallest absolute Gasteiger partial charge is 0.368 e. The summed E-state index contributed by atoms with van der Waals surface area (Å²) >= 11 is 0. The Bertz CT molecular complexity index is 1210. The van der Waals surface area contributed by atoms with E-state index >= 15 is 0 Å².